The zero-order chi connectivity index (χ0) is 16.4. The maximum absolute atomic E-state index is 10.2. The van der Waals surface area contributed by atoms with Gasteiger partial charge < -0.3 is 25.4 Å². The summed E-state index contributed by atoms with van der Waals surface area (Å²) in [5.74, 6) is 0.0264. The van der Waals surface area contributed by atoms with Crippen molar-refractivity contribution < 1.29 is 20.1 Å². The van der Waals surface area contributed by atoms with Gasteiger partial charge in [0.05, 0.1) is 17.7 Å². The molecule has 2 rings (SSSR count). The summed E-state index contributed by atoms with van der Waals surface area (Å²) in [4.78, 5) is 0. The van der Waals surface area contributed by atoms with Crippen LogP contribution in [0.2, 0.25) is 0 Å². The average Bonchev–Trinajstić information content (AvgIpc) is 2.76. The van der Waals surface area contributed by atoms with E-state index < -0.39 is 30.3 Å². The van der Waals surface area contributed by atoms with Gasteiger partial charge in [-0.3, -0.25) is 0 Å². The number of allylic oxidation sites excluding steroid dienone is 2. The Labute approximate surface area is 140 Å². The Balaban J connectivity index is 2.21. The number of halogens is 2. The Morgan fingerprint density at radius 2 is 1.95 bits per heavy atom. The van der Waals surface area contributed by atoms with E-state index in [1.807, 2.05) is 6.08 Å². The Kier molecular flexibility index (Phi) is 6.30. The first kappa shape index (κ1) is 18.2. The molecule has 0 radical (unpaired) electrons. The molecule has 0 spiro atoms. The van der Waals surface area contributed by atoms with Crippen molar-refractivity contribution in [2.24, 2.45) is 11.8 Å². The number of aliphatic hydroxyl groups is 3. The molecule has 126 valence electrons. The second kappa shape index (κ2) is 7.62. The normalized spacial score (nSPS) is 39.1. The van der Waals surface area contributed by atoms with E-state index in [0.29, 0.717) is 16.0 Å². The molecule has 22 heavy (non-hydrogen) atoms. The third-order valence-corrected chi connectivity index (χ3v) is 4.93. The van der Waals surface area contributed by atoms with Crippen LogP contribution in [0.15, 0.2) is 22.2 Å². The van der Waals surface area contributed by atoms with Crippen molar-refractivity contribution in [3.8, 4) is 0 Å². The van der Waals surface area contributed by atoms with Crippen LogP contribution in [-0.2, 0) is 4.74 Å². The van der Waals surface area contributed by atoms with Crippen LogP contribution < -0.4 is 5.32 Å². The Morgan fingerprint density at radius 1 is 1.27 bits per heavy atom. The van der Waals surface area contributed by atoms with E-state index in [1.165, 1.54) is 0 Å². The van der Waals surface area contributed by atoms with Gasteiger partial charge in [0.15, 0.2) is 0 Å². The predicted octanol–water partition coefficient (Wildman–Crippen LogP) is 0.957. The molecule has 0 aromatic carbocycles. The van der Waals surface area contributed by atoms with Gasteiger partial charge >= 0.3 is 0 Å². The lowest BCUT2D eigenvalue weighted by atomic mass is 9.86. The molecule has 1 aliphatic carbocycles. The first-order chi connectivity index (χ1) is 10.4. The molecule has 0 aromatic rings. The molecule has 6 atom stereocenters. The molecule has 1 aliphatic heterocycles. The third kappa shape index (κ3) is 3.67. The molecular formula is C15H23Cl2NO4. The zero-order valence-electron chi connectivity index (χ0n) is 12.6. The van der Waals surface area contributed by atoms with Gasteiger partial charge in [0.25, 0.3) is 0 Å². The van der Waals surface area contributed by atoms with Crippen molar-refractivity contribution in [2.75, 3.05) is 13.2 Å². The van der Waals surface area contributed by atoms with Crippen LogP contribution in [0, 0.1) is 11.8 Å². The molecule has 0 amide bonds. The lowest BCUT2D eigenvalue weighted by Crippen LogP contribution is -2.47. The molecule has 2 unspecified atom stereocenters. The number of ether oxygens (including phenoxy) is 1. The minimum atomic E-state index is -1.14. The molecule has 1 fully saturated rings. The summed E-state index contributed by atoms with van der Waals surface area (Å²) in [7, 11) is 0. The highest BCUT2D eigenvalue weighted by molar-refractivity contribution is 6.40. The van der Waals surface area contributed by atoms with E-state index in [-0.39, 0.29) is 12.6 Å². The highest BCUT2D eigenvalue weighted by atomic mass is 35.5. The van der Waals surface area contributed by atoms with Gasteiger partial charge in [-0.05, 0) is 18.5 Å². The molecule has 0 saturated carbocycles. The monoisotopic (exact) mass is 351 g/mol. The van der Waals surface area contributed by atoms with Gasteiger partial charge in [0.1, 0.15) is 18.3 Å². The van der Waals surface area contributed by atoms with Gasteiger partial charge in [0.2, 0.25) is 0 Å². The minimum Gasteiger partial charge on any atom is -0.394 e. The number of hydrogen-bond donors (Lipinski definition) is 4. The first-order valence-corrected chi connectivity index (χ1v) is 8.21. The van der Waals surface area contributed by atoms with Gasteiger partial charge in [0, 0.05) is 17.0 Å². The molecule has 7 heteroatoms. The largest absolute Gasteiger partial charge is 0.394 e. The van der Waals surface area contributed by atoms with Crippen molar-refractivity contribution in [2.45, 2.75) is 44.3 Å². The standard InChI is InChI=1S/C15H23Cl2NO4/c1-7(2)5-18-9-4-3-8(16)12(17)11(9)15-14(21)13(20)10(6-19)22-15/h3-4,7,9-11,13-15,18-21H,5-6H2,1-2H3/t9?,10-,11?,13-,14-,15+/m0/s1. The summed E-state index contributed by atoms with van der Waals surface area (Å²) in [6.45, 7) is 4.58. The van der Waals surface area contributed by atoms with Crippen molar-refractivity contribution in [1.82, 2.24) is 5.32 Å². The van der Waals surface area contributed by atoms with Crippen molar-refractivity contribution in [1.29, 1.82) is 0 Å². The highest BCUT2D eigenvalue weighted by Gasteiger charge is 2.49. The molecule has 0 aromatic heterocycles. The summed E-state index contributed by atoms with van der Waals surface area (Å²) >= 11 is 12.5. The van der Waals surface area contributed by atoms with Crippen LogP contribution >= 0.6 is 23.2 Å². The maximum atomic E-state index is 10.2. The Morgan fingerprint density at radius 3 is 2.50 bits per heavy atom. The van der Waals surface area contributed by atoms with E-state index in [2.05, 4.69) is 19.2 Å². The van der Waals surface area contributed by atoms with Crippen LogP contribution in [0.5, 0.6) is 0 Å². The molecule has 0 bridgehead atoms. The topological polar surface area (TPSA) is 82.0 Å². The fraction of sp³-hybridized carbons (Fsp3) is 0.733. The second-order valence-corrected chi connectivity index (χ2v) is 7.03. The van der Waals surface area contributed by atoms with E-state index in [1.54, 1.807) is 6.08 Å². The number of nitrogens with one attached hydrogen (secondary N) is 1. The Bertz CT molecular complexity index is 455. The fourth-order valence-corrected chi connectivity index (χ4v) is 3.37. The molecule has 2 aliphatic rings. The van der Waals surface area contributed by atoms with Crippen molar-refractivity contribution in [3.05, 3.63) is 22.2 Å². The van der Waals surface area contributed by atoms with Crippen LogP contribution in [0.25, 0.3) is 0 Å². The zero-order valence-corrected chi connectivity index (χ0v) is 14.1. The van der Waals surface area contributed by atoms with Crippen LogP contribution in [0.1, 0.15) is 13.8 Å². The smallest absolute Gasteiger partial charge is 0.111 e. The summed E-state index contributed by atoms with van der Waals surface area (Å²) < 4.78 is 5.63. The molecule has 1 heterocycles. The number of aliphatic hydroxyl groups excluding tert-OH is 3. The lowest BCUT2D eigenvalue weighted by molar-refractivity contribution is -0.0395. The summed E-state index contributed by atoms with van der Waals surface area (Å²) in [6, 6.07) is -0.165. The predicted molar refractivity (Wildman–Crippen MR) is 85.8 cm³/mol. The van der Waals surface area contributed by atoms with Gasteiger partial charge in [-0.25, -0.2) is 0 Å². The molecular weight excluding hydrogens is 329 g/mol. The molecule has 5 nitrogen and oxygen atoms in total. The number of rotatable bonds is 5. The highest BCUT2D eigenvalue weighted by Crippen LogP contribution is 2.39. The van der Waals surface area contributed by atoms with E-state index in [9.17, 15) is 15.3 Å². The first-order valence-electron chi connectivity index (χ1n) is 7.46. The van der Waals surface area contributed by atoms with Crippen molar-refractivity contribution in [3.63, 3.8) is 0 Å². The van der Waals surface area contributed by atoms with Gasteiger partial charge in [-0.2, -0.15) is 0 Å². The van der Waals surface area contributed by atoms with Crippen LogP contribution in [0.3, 0.4) is 0 Å². The lowest BCUT2D eigenvalue weighted by Gasteiger charge is -2.34. The summed E-state index contributed by atoms with van der Waals surface area (Å²) in [5, 5.41) is 33.6. The van der Waals surface area contributed by atoms with Crippen LogP contribution in [0.4, 0.5) is 0 Å². The van der Waals surface area contributed by atoms with E-state index >= 15 is 0 Å². The molecule has 1 saturated heterocycles. The molecule has 4 N–H and O–H groups in total. The summed E-state index contributed by atoms with van der Waals surface area (Å²) in [5.41, 5.74) is 0. The third-order valence-electron chi connectivity index (χ3n) is 4.05. The maximum Gasteiger partial charge on any atom is 0.111 e. The minimum absolute atomic E-state index is 0.165. The average molecular weight is 352 g/mol. The van der Waals surface area contributed by atoms with E-state index in [0.717, 1.165) is 6.54 Å². The quantitative estimate of drug-likeness (QED) is 0.593. The fourth-order valence-electron chi connectivity index (χ4n) is 2.84. The van der Waals surface area contributed by atoms with Gasteiger partial charge in [-0.1, -0.05) is 43.1 Å². The van der Waals surface area contributed by atoms with Crippen LogP contribution in [-0.4, -0.2) is 58.9 Å². The van der Waals surface area contributed by atoms with Crippen molar-refractivity contribution >= 4 is 23.2 Å². The number of hydrogen-bond acceptors (Lipinski definition) is 5. The van der Waals surface area contributed by atoms with E-state index in [4.69, 9.17) is 27.9 Å². The van der Waals surface area contributed by atoms with Gasteiger partial charge in [-0.15, -0.1) is 0 Å². The second-order valence-electron chi connectivity index (χ2n) is 6.21. The SMILES string of the molecule is CC(C)CNC1C=CC(Cl)=C(Cl)C1[C@H]1O[C@@H](CO)[C@H](O)[C@@H]1O. The Hall–Kier alpha value is -0.140. The summed E-state index contributed by atoms with van der Waals surface area (Å²) in [6.07, 6.45) is -0.219.